The molecular weight excluding hydrogens is 302 g/mol. The Labute approximate surface area is 142 Å². The van der Waals surface area contributed by atoms with Gasteiger partial charge in [-0.3, -0.25) is 4.79 Å². The van der Waals surface area contributed by atoms with E-state index in [0.29, 0.717) is 25.2 Å². The molecule has 0 aliphatic carbocycles. The number of carbonyl (C=O) groups excluding carboxylic acids is 1. The Morgan fingerprint density at radius 3 is 2.67 bits per heavy atom. The SMILES string of the molecule is CCC(C(=O)NCC1(O)CCOc2ccccc21)c1ccccc1. The van der Waals surface area contributed by atoms with Crippen LogP contribution in [0.15, 0.2) is 54.6 Å². The van der Waals surface area contributed by atoms with Gasteiger partial charge in [-0.2, -0.15) is 0 Å². The van der Waals surface area contributed by atoms with Crippen LogP contribution in [-0.2, 0) is 10.4 Å². The normalized spacial score (nSPS) is 20.6. The molecule has 126 valence electrons. The molecule has 4 nitrogen and oxygen atoms in total. The minimum atomic E-state index is -1.08. The van der Waals surface area contributed by atoms with E-state index in [4.69, 9.17) is 4.74 Å². The van der Waals surface area contributed by atoms with Gasteiger partial charge in [0.15, 0.2) is 0 Å². The Kier molecular flexibility index (Phi) is 4.86. The summed E-state index contributed by atoms with van der Waals surface area (Å²) in [4.78, 5) is 12.6. The zero-order valence-electron chi connectivity index (χ0n) is 13.9. The summed E-state index contributed by atoms with van der Waals surface area (Å²) in [6, 6.07) is 17.2. The van der Waals surface area contributed by atoms with Gasteiger partial charge < -0.3 is 15.2 Å². The Morgan fingerprint density at radius 1 is 1.21 bits per heavy atom. The fourth-order valence-electron chi connectivity index (χ4n) is 3.24. The summed E-state index contributed by atoms with van der Waals surface area (Å²) in [5.74, 6) is 0.432. The van der Waals surface area contributed by atoms with Crippen molar-refractivity contribution < 1.29 is 14.6 Å². The van der Waals surface area contributed by atoms with Crippen molar-refractivity contribution in [3.05, 3.63) is 65.7 Å². The average Bonchev–Trinajstić information content (AvgIpc) is 2.62. The topological polar surface area (TPSA) is 58.6 Å². The minimum absolute atomic E-state index is 0.0545. The first kappa shape index (κ1) is 16.5. The molecule has 0 saturated carbocycles. The summed E-state index contributed by atoms with van der Waals surface area (Å²) >= 11 is 0. The third-order valence-corrected chi connectivity index (χ3v) is 4.64. The molecule has 0 radical (unpaired) electrons. The summed E-state index contributed by atoms with van der Waals surface area (Å²) < 4.78 is 5.59. The van der Waals surface area contributed by atoms with Crippen LogP contribution >= 0.6 is 0 Å². The third-order valence-electron chi connectivity index (χ3n) is 4.64. The van der Waals surface area contributed by atoms with Crippen molar-refractivity contribution in [3.8, 4) is 5.75 Å². The quantitative estimate of drug-likeness (QED) is 0.888. The molecule has 0 saturated heterocycles. The molecule has 0 fully saturated rings. The first-order valence-electron chi connectivity index (χ1n) is 8.41. The molecule has 2 atom stereocenters. The van der Waals surface area contributed by atoms with Crippen molar-refractivity contribution in [3.63, 3.8) is 0 Å². The highest BCUT2D eigenvalue weighted by Gasteiger charge is 2.36. The van der Waals surface area contributed by atoms with Crippen molar-refractivity contribution in [2.24, 2.45) is 0 Å². The van der Waals surface area contributed by atoms with Crippen molar-refractivity contribution in [1.29, 1.82) is 0 Å². The molecule has 4 heteroatoms. The Bertz CT molecular complexity index is 701. The molecule has 2 N–H and O–H groups in total. The second-order valence-corrected chi connectivity index (χ2v) is 6.22. The number of para-hydroxylation sites is 1. The number of ether oxygens (including phenoxy) is 1. The number of rotatable bonds is 5. The Morgan fingerprint density at radius 2 is 1.92 bits per heavy atom. The first-order chi connectivity index (χ1) is 11.6. The van der Waals surface area contributed by atoms with E-state index in [1.54, 1.807) is 0 Å². The highest BCUT2D eigenvalue weighted by molar-refractivity contribution is 5.83. The van der Waals surface area contributed by atoms with Gasteiger partial charge in [-0.15, -0.1) is 0 Å². The fraction of sp³-hybridized carbons (Fsp3) is 0.350. The van der Waals surface area contributed by atoms with Crippen LogP contribution in [0.2, 0.25) is 0 Å². The van der Waals surface area contributed by atoms with Crippen molar-refractivity contribution in [2.75, 3.05) is 13.2 Å². The molecule has 2 aromatic rings. The predicted octanol–water partition coefficient (Wildman–Crippen LogP) is 2.97. The summed E-state index contributed by atoms with van der Waals surface area (Å²) in [5.41, 5.74) is 0.653. The number of nitrogens with one attached hydrogen (secondary N) is 1. The molecule has 0 bridgehead atoms. The summed E-state index contributed by atoms with van der Waals surface area (Å²) in [6.07, 6.45) is 1.18. The maximum atomic E-state index is 12.6. The molecule has 1 heterocycles. The van der Waals surface area contributed by atoms with E-state index in [-0.39, 0.29) is 18.4 Å². The molecule has 0 aromatic heterocycles. The van der Waals surface area contributed by atoms with E-state index in [2.05, 4.69) is 5.32 Å². The van der Waals surface area contributed by atoms with Gasteiger partial charge in [0, 0.05) is 12.0 Å². The lowest BCUT2D eigenvalue weighted by Gasteiger charge is -2.34. The number of hydrogen-bond donors (Lipinski definition) is 2. The first-order valence-corrected chi connectivity index (χ1v) is 8.41. The van der Waals surface area contributed by atoms with E-state index in [0.717, 1.165) is 11.1 Å². The summed E-state index contributed by atoms with van der Waals surface area (Å²) in [7, 11) is 0. The zero-order chi connectivity index (χ0) is 17.0. The van der Waals surface area contributed by atoms with Crippen LogP contribution in [0.25, 0.3) is 0 Å². The number of aliphatic hydroxyl groups is 1. The van der Waals surface area contributed by atoms with Gasteiger partial charge in [0.1, 0.15) is 11.4 Å². The van der Waals surface area contributed by atoms with E-state index >= 15 is 0 Å². The predicted molar refractivity (Wildman–Crippen MR) is 92.9 cm³/mol. The second kappa shape index (κ2) is 7.05. The summed E-state index contributed by atoms with van der Waals surface area (Å²) in [6.45, 7) is 2.63. The highest BCUT2D eigenvalue weighted by Crippen LogP contribution is 2.36. The fourth-order valence-corrected chi connectivity index (χ4v) is 3.24. The van der Waals surface area contributed by atoms with E-state index in [1.807, 2.05) is 61.5 Å². The molecule has 2 unspecified atom stereocenters. The van der Waals surface area contributed by atoms with Gasteiger partial charge in [0.05, 0.1) is 19.1 Å². The Balaban J connectivity index is 1.72. The number of fused-ring (bicyclic) bond motifs is 1. The standard InChI is InChI=1S/C20H23NO3/c1-2-16(15-8-4-3-5-9-15)19(22)21-14-20(23)12-13-24-18-11-7-6-10-17(18)20/h3-11,16,23H,2,12-14H2,1H3,(H,21,22). The molecule has 1 amide bonds. The van der Waals surface area contributed by atoms with Crippen molar-refractivity contribution in [2.45, 2.75) is 31.3 Å². The molecule has 1 aliphatic heterocycles. The van der Waals surface area contributed by atoms with E-state index < -0.39 is 5.60 Å². The maximum absolute atomic E-state index is 12.6. The van der Waals surface area contributed by atoms with Gasteiger partial charge in [-0.05, 0) is 18.1 Å². The lowest BCUT2D eigenvalue weighted by atomic mass is 9.87. The average molecular weight is 325 g/mol. The number of benzene rings is 2. The lowest BCUT2D eigenvalue weighted by molar-refractivity contribution is -0.124. The molecule has 1 aliphatic rings. The lowest BCUT2D eigenvalue weighted by Crippen LogP contribution is -2.45. The molecule has 3 rings (SSSR count). The monoisotopic (exact) mass is 325 g/mol. The van der Waals surface area contributed by atoms with Crippen molar-refractivity contribution >= 4 is 5.91 Å². The number of amides is 1. The van der Waals surface area contributed by atoms with Crippen LogP contribution < -0.4 is 10.1 Å². The smallest absolute Gasteiger partial charge is 0.227 e. The van der Waals surface area contributed by atoms with Gasteiger partial charge >= 0.3 is 0 Å². The van der Waals surface area contributed by atoms with Crippen LogP contribution in [-0.4, -0.2) is 24.2 Å². The van der Waals surface area contributed by atoms with E-state index in [9.17, 15) is 9.90 Å². The largest absolute Gasteiger partial charge is 0.493 e. The number of carbonyl (C=O) groups is 1. The van der Waals surface area contributed by atoms with Gasteiger partial charge in [0.25, 0.3) is 0 Å². The zero-order valence-corrected chi connectivity index (χ0v) is 13.9. The molecule has 2 aromatic carbocycles. The van der Waals surface area contributed by atoms with Gasteiger partial charge in [-0.1, -0.05) is 55.5 Å². The highest BCUT2D eigenvalue weighted by atomic mass is 16.5. The van der Waals surface area contributed by atoms with Crippen LogP contribution in [0.3, 0.4) is 0 Å². The minimum Gasteiger partial charge on any atom is -0.493 e. The maximum Gasteiger partial charge on any atom is 0.227 e. The second-order valence-electron chi connectivity index (χ2n) is 6.22. The molecular formula is C20H23NO3. The summed E-state index contributed by atoms with van der Waals surface area (Å²) in [5, 5.41) is 13.9. The molecule has 0 spiro atoms. The van der Waals surface area contributed by atoms with Gasteiger partial charge in [-0.25, -0.2) is 0 Å². The van der Waals surface area contributed by atoms with Gasteiger partial charge in [0.2, 0.25) is 5.91 Å². The van der Waals surface area contributed by atoms with Crippen LogP contribution in [0.4, 0.5) is 0 Å². The number of hydrogen-bond acceptors (Lipinski definition) is 3. The van der Waals surface area contributed by atoms with Crippen LogP contribution in [0.1, 0.15) is 36.8 Å². The third kappa shape index (κ3) is 3.29. The van der Waals surface area contributed by atoms with Crippen LogP contribution in [0.5, 0.6) is 5.75 Å². The van der Waals surface area contributed by atoms with Crippen molar-refractivity contribution in [1.82, 2.24) is 5.32 Å². The Hall–Kier alpha value is -2.33. The molecule has 24 heavy (non-hydrogen) atoms. The van der Waals surface area contributed by atoms with E-state index in [1.165, 1.54) is 0 Å². The van der Waals surface area contributed by atoms with Crippen LogP contribution in [0, 0.1) is 0 Å².